The highest BCUT2D eigenvalue weighted by Gasteiger charge is 2.09. The molecule has 0 spiro atoms. The van der Waals surface area contributed by atoms with Gasteiger partial charge in [0.15, 0.2) is 4.77 Å². The van der Waals surface area contributed by atoms with E-state index in [1.54, 1.807) is 0 Å². The minimum atomic E-state index is 0.643. The molecule has 2 aromatic carbocycles. The first-order chi connectivity index (χ1) is 11.6. The molecule has 3 nitrogen and oxygen atoms in total. The standard InChI is InChI=1S/C19H21N3S2/c1-13-8-9-17(10-15(13)3)22-18(20-21-19(22)23)12-24-11-16-7-5-4-6-14(16)2/h4-10H,11-12H2,1-3H3,(H,21,23). The molecule has 0 amide bonds. The summed E-state index contributed by atoms with van der Waals surface area (Å²) >= 11 is 7.28. The molecule has 0 saturated heterocycles. The highest BCUT2D eigenvalue weighted by molar-refractivity contribution is 7.97. The van der Waals surface area contributed by atoms with Gasteiger partial charge in [-0.15, -0.1) is 11.8 Å². The van der Waals surface area contributed by atoms with Crippen LogP contribution in [-0.2, 0) is 11.5 Å². The molecule has 0 fully saturated rings. The highest BCUT2D eigenvalue weighted by atomic mass is 32.2. The topological polar surface area (TPSA) is 33.6 Å². The number of aromatic amines is 1. The lowest BCUT2D eigenvalue weighted by Crippen LogP contribution is -2.01. The largest absolute Gasteiger partial charge is 0.271 e. The van der Waals surface area contributed by atoms with Gasteiger partial charge in [0.1, 0.15) is 5.82 Å². The second-order valence-corrected chi connectivity index (χ2v) is 7.34. The maximum absolute atomic E-state index is 5.43. The minimum Gasteiger partial charge on any atom is -0.271 e. The molecule has 0 aliphatic heterocycles. The molecule has 1 N–H and O–H groups in total. The van der Waals surface area contributed by atoms with E-state index < -0.39 is 0 Å². The summed E-state index contributed by atoms with van der Waals surface area (Å²) in [6, 6.07) is 14.9. The average Bonchev–Trinajstić information content (AvgIpc) is 2.93. The number of aromatic nitrogens is 3. The van der Waals surface area contributed by atoms with Crippen molar-refractivity contribution in [2.75, 3.05) is 0 Å². The van der Waals surface area contributed by atoms with E-state index in [-0.39, 0.29) is 0 Å². The molecular weight excluding hydrogens is 334 g/mol. The van der Waals surface area contributed by atoms with Crippen LogP contribution in [0.4, 0.5) is 0 Å². The first-order valence-electron chi connectivity index (χ1n) is 7.92. The van der Waals surface area contributed by atoms with E-state index in [4.69, 9.17) is 12.2 Å². The van der Waals surface area contributed by atoms with Gasteiger partial charge in [-0.2, -0.15) is 5.10 Å². The summed E-state index contributed by atoms with van der Waals surface area (Å²) in [4.78, 5) is 0. The van der Waals surface area contributed by atoms with Gasteiger partial charge in [-0.05, 0) is 67.4 Å². The van der Waals surface area contributed by atoms with Crippen molar-refractivity contribution in [1.82, 2.24) is 14.8 Å². The summed E-state index contributed by atoms with van der Waals surface area (Å²) < 4.78 is 2.68. The number of thioether (sulfide) groups is 1. The number of nitrogens with one attached hydrogen (secondary N) is 1. The third-order valence-electron chi connectivity index (χ3n) is 4.24. The van der Waals surface area contributed by atoms with Gasteiger partial charge in [0.2, 0.25) is 0 Å². The minimum absolute atomic E-state index is 0.643. The number of H-pyrrole nitrogens is 1. The summed E-state index contributed by atoms with van der Waals surface area (Å²) in [5, 5.41) is 7.36. The third kappa shape index (κ3) is 3.62. The predicted octanol–water partition coefficient (Wildman–Crippen LogP) is 5.29. The normalized spacial score (nSPS) is 11.0. The smallest absolute Gasteiger partial charge is 0.199 e. The molecule has 124 valence electrons. The fourth-order valence-electron chi connectivity index (χ4n) is 2.58. The van der Waals surface area contributed by atoms with Gasteiger partial charge in [0.25, 0.3) is 0 Å². The Hall–Kier alpha value is -1.85. The van der Waals surface area contributed by atoms with E-state index in [0.717, 1.165) is 23.0 Å². The number of hydrogen-bond acceptors (Lipinski definition) is 3. The molecule has 24 heavy (non-hydrogen) atoms. The fraction of sp³-hybridized carbons (Fsp3) is 0.263. The quantitative estimate of drug-likeness (QED) is 0.632. The summed E-state index contributed by atoms with van der Waals surface area (Å²) in [5.74, 6) is 2.75. The van der Waals surface area contributed by atoms with Crippen LogP contribution in [0.25, 0.3) is 5.69 Å². The molecular formula is C19H21N3S2. The van der Waals surface area contributed by atoms with Crippen molar-refractivity contribution in [2.24, 2.45) is 0 Å². The van der Waals surface area contributed by atoms with Crippen LogP contribution >= 0.6 is 24.0 Å². The number of benzene rings is 2. The molecule has 0 unspecified atom stereocenters. The Morgan fingerprint density at radius 3 is 2.54 bits per heavy atom. The lowest BCUT2D eigenvalue weighted by molar-refractivity contribution is 0.946. The molecule has 1 heterocycles. The molecule has 3 rings (SSSR count). The second-order valence-electron chi connectivity index (χ2n) is 5.97. The van der Waals surface area contributed by atoms with Crippen molar-refractivity contribution >= 4 is 24.0 Å². The van der Waals surface area contributed by atoms with Gasteiger partial charge in [-0.3, -0.25) is 9.67 Å². The Morgan fingerprint density at radius 2 is 1.79 bits per heavy atom. The maximum atomic E-state index is 5.43. The van der Waals surface area contributed by atoms with Crippen molar-refractivity contribution in [3.63, 3.8) is 0 Å². The summed E-state index contributed by atoms with van der Waals surface area (Å²) in [6.07, 6.45) is 0. The maximum Gasteiger partial charge on any atom is 0.199 e. The van der Waals surface area contributed by atoms with E-state index in [2.05, 4.69) is 73.4 Å². The van der Waals surface area contributed by atoms with Gasteiger partial charge in [-0.1, -0.05) is 30.3 Å². The van der Waals surface area contributed by atoms with Crippen molar-refractivity contribution in [3.05, 3.63) is 75.3 Å². The monoisotopic (exact) mass is 355 g/mol. The number of nitrogens with zero attached hydrogens (tertiary/aromatic N) is 2. The van der Waals surface area contributed by atoms with E-state index in [1.165, 1.54) is 22.3 Å². The molecule has 0 aliphatic carbocycles. The van der Waals surface area contributed by atoms with Crippen LogP contribution in [0.1, 0.15) is 28.1 Å². The summed E-state index contributed by atoms with van der Waals surface area (Å²) in [5.41, 5.74) is 6.31. The fourth-order valence-corrected chi connectivity index (χ4v) is 3.86. The van der Waals surface area contributed by atoms with E-state index in [1.807, 2.05) is 16.3 Å². The van der Waals surface area contributed by atoms with Gasteiger partial charge in [-0.25, -0.2) is 0 Å². The second kappa shape index (κ2) is 7.36. The van der Waals surface area contributed by atoms with Crippen molar-refractivity contribution in [2.45, 2.75) is 32.3 Å². The Morgan fingerprint density at radius 1 is 1.00 bits per heavy atom. The molecule has 0 saturated carbocycles. The van der Waals surface area contributed by atoms with Crippen LogP contribution in [0.3, 0.4) is 0 Å². The Labute approximate surface area is 152 Å². The lowest BCUT2D eigenvalue weighted by Gasteiger charge is -2.10. The third-order valence-corrected chi connectivity index (χ3v) is 5.49. The van der Waals surface area contributed by atoms with Crippen molar-refractivity contribution < 1.29 is 0 Å². The zero-order chi connectivity index (χ0) is 17.1. The van der Waals surface area contributed by atoms with Crippen LogP contribution in [0.5, 0.6) is 0 Å². The SMILES string of the molecule is Cc1ccc(-n2c(CSCc3ccccc3C)n[nH]c2=S)cc1C. The molecule has 3 aromatic rings. The zero-order valence-electron chi connectivity index (χ0n) is 14.2. The van der Waals surface area contributed by atoms with Crippen LogP contribution in [0.15, 0.2) is 42.5 Å². The first kappa shape index (κ1) is 17.0. The molecule has 1 aromatic heterocycles. The van der Waals surface area contributed by atoms with Gasteiger partial charge in [0.05, 0.1) is 5.75 Å². The van der Waals surface area contributed by atoms with E-state index in [9.17, 15) is 0 Å². The van der Waals surface area contributed by atoms with Gasteiger partial charge < -0.3 is 0 Å². The Balaban J connectivity index is 1.79. The molecule has 0 radical (unpaired) electrons. The highest BCUT2D eigenvalue weighted by Crippen LogP contribution is 2.22. The van der Waals surface area contributed by atoms with Crippen molar-refractivity contribution in [3.8, 4) is 5.69 Å². The first-order valence-corrected chi connectivity index (χ1v) is 9.48. The molecule has 0 bridgehead atoms. The number of hydrogen-bond donors (Lipinski definition) is 1. The van der Waals surface area contributed by atoms with Crippen LogP contribution in [-0.4, -0.2) is 14.8 Å². The number of rotatable bonds is 5. The Bertz CT molecular complexity index is 909. The van der Waals surface area contributed by atoms with Crippen molar-refractivity contribution in [1.29, 1.82) is 0 Å². The average molecular weight is 356 g/mol. The van der Waals surface area contributed by atoms with Gasteiger partial charge in [0, 0.05) is 11.4 Å². The van der Waals surface area contributed by atoms with Gasteiger partial charge >= 0.3 is 0 Å². The van der Waals surface area contributed by atoms with E-state index >= 15 is 0 Å². The number of aryl methyl sites for hydroxylation is 3. The summed E-state index contributed by atoms with van der Waals surface area (Å²) in [7, 11) is 0. The summed E-state index contributed by atoms with van der Waals surface area (Å²) in [6.45, 7) is 6.39. The van der Waals surface area contributed by atoms with Crippen LogP contribution < -0.4 is 0 Å². The van der Waals surface area contributed by atoms with Crippen LogP contribution in [0, 0.1) is 25.5 Å². The lowest BCUT2D eigenvalue weighted by atomic mass is 10.1. The molecule has 0 aliphatic rings. The molecule has 5 heteroatoms. The zero-order valence-corrected chi connectivity index (χ0v) is 15.8. The Kier molecular flexibility index (Phi) is 5.21. The molecule has 0 atom stereocenters. The predicted molar refractivity (Wildman–Crippen MR) is 104 cm³/mol. The van der Waals surface area contributed by atoms with Crippen LogP contribution in [0.2, 0.25) is 0 Å². The van der Waals surface area contributed by atoms with E-state index in [0.29, 0.717) is 4.77 Å².